The van der Waals surface area contributed by atoms with Crippen LogP contribution in [0.25, 0.3) is 11.5 Å². The number of pyridine rings is 4. The molecule has 43 heavy (non-hydrogen) atoms. The number of aryl methyl sites for hydroxylation is 1. The van der Waals surface area contributed by atoms with Crippen LogP contribution in [0.15, 0.2) is 58.5 Å². The third-order valence-corrected chi connectivity index (χ3v) is 6.24. The fourth-order valence-corrected chi connectivity index (χ4v) is 4.14. The maximum atomic E-state index is 14.0. The zero-order chi connectivity index (χ0) is 32.5. The largest absolute Gasteiger partial charge is 0.485 e. The van der Waals surface area contributed by atoms with Gasteiger partial charge in [-0.3, -0.25) is 23.7 Å². The summed E-state index contributed by atoms with van der Waals surface area (Å²) in [5.74, 6) is -1.58. The molecule has 0 aliphatic rings. The topological polar surface area (TPSA) is 108 Å². The highest BCUT2D eigenvalue weighted by Gasteiger charge is 2.23. The molecule has 12 heteroatoms. The molecule has 4 rings (SSSR count). The van der Waals surface area contributed by atoms with E-state index in [-0.39, 0.29) is 34.5 Å². The van der Waals surface area contributed by atoms with Crippen LogP contribution in [-0.2, 0) is 23.6 Å². The summed E-state index contributed by atoms with van der Waals surface area (Å²) < 4.78 is 40.6. The van der Waals surface area contributed by atoms with Crippen molar-refractivity contribution < 1.29 is 23.4 Å². The van der Waals surface area contributed by atoms with Crippen LogP contribution in [0.1, 0.15) is 64.1 Å². The average Bonchev–Trinajstić information content (AvgIpc) is 2.97. The average molecular weight is 619 g/mol. The lowest BCUT2D eigenvalue weighted by molar-refractivity contribution is 0.0767. The van der Waals surface area contributed by atoms with Crippen molar-refractivity contribution >= 4 is 11.6 Å². The Bertz CT molecular complexity index is 1670. The molecule has 4 heterocycles. The summed E-state index contributed by atoms with van der Waals surface area (Å²) >= 11 is 6.39. The Hall–Kier alpha value is -3.93. The summed E-state index contributed by atoms with van der Waals surface area (Å²) in [6.45, 7) is 12.3. The molecule has 0 spiro atoms. The van der Waals surface area contributed by atoms with E-state index in [0.29, 0.717) is 23.0 Å². The summed E-state index contributed by atoms with van der Waals surface area (Å²) in [4.78, 5) is 34.6. The molecule has 0 unspecified atom stereocenters. The highest BCUT2D eigenvalue weighted by atomic mass is 35.5. The van der Waals surface area contributed by atoms with E-state index >= 15 is 0 Å². The third kappa shape index (κ3) is 8.13. The maximum absolute atomic E-state index is 14.0. The van der Waals surface area contributed by atoms with Crippen molar-refractivity contribution in [1.82, 2.24) is 19.1 Å². The minimum atomic E-state index is -1.38. The molecule has 0 saturated carbocycles. The smallest absolute Gasteiger partial charge is 0.277 e. The zero-order valence-corrected chi connectivity index (χ0v) is 26.3. The van der Waals surface area contributed by atoms with E-state index in [1.54, 1.807) is 19.1 Å². The number of hydrogen-bond donors (Lipinski definition) is 1. The molecule has 4 aromatic heterocycles. The molecule has 0 aliphatic carbocycles. The van der Waals surface area contributed by atoms with Crippen LogP contribution in [-0.4, -0.2) is 31.3 Å². The number of hydrogen-bond acceptors (Lipinski definition) is 7. The first-order valence-electron chi connectivity index (χ1n) is 13.7. The maximum Gasteiger partial charge on any atom is 0.277 e. The molecule has 0 atom stereocenters. The normalized spacial score (nSPS) is 10.8. The quantitative estimate of drug-likeness (QED) is 0.257. The first kappa shape index (κ1) is 35.3. The van der Waals surface area contributed by atoms with Gasteiger partial charge in [-0.2, -0.15) is 0 Å². The first-order chi connectivity index (χ1) is 20.4. The Morgan fingerprint density at radius 1 is 1.00 bits per heavy atom. The van der Waals surface area contributed by atoms with Gasteiger partial charge in [0.05, 0.1) is 29.8 Å². The fraction of sp³-hybridized carbons (Fsp3) is 0.355. The van der Waals surface area contributed by atoms with Crippen LogP contribution in [0.3, 0.4) is 0 Å². The van der Waals surface area contributed by atoms with Gasteiger partial charge in [0.15, 0.2) is 5.82 Å². The summed E-state index contributed by atoms with van der Waals surface area (Å²) in [6, 6.07) is 6.82. The number of aromatic nitrogens is 4. The Morgan fingerprint density at radius 2 is 1.67 bits per heavy atom. The van der Waals surface area contributed by atoms with Crippen LogP contribution < -0.4 is 15.9 Å². The summed E-state index contributed by atoms with van der Waals surface area (Å²) in [5, 5.41) is 10.1. The summed E-state index contributed by atoms with van der Waals surface area (Å²) in [7, 11) is 1.44. The molecule has 0 saturated heterocycles. The first-order valence-corrected chi connectivity index (χ1v) is 14.1. The lowest BCUT2D eigenvalue weighted by atomic mass is 10.0. The molecular formula is C31H37ClF2N4O5. The van der Waals surface area contributed by atoms with E-state index < -0.39 is 35.0 Å². The minimum absolute atomic E-state index is 0.0306. The number of nitrogens with zero attached hydrogens (tertiary/aromatic N) is 4. The van der Waals surface area contributed by atoms with Gasteiger partial charge in [-0.1, -0.05) is 39.3 Å². The lowest BCUT2D eigenvalue weighted by Crippen LogP contribution is -2.31. The molecular weight excluding hydrogens is 582 g/mol. The molecule has 0 radical (unpaired) electrons. The lowest BCUT2D eigenvalue weighted by Gasteiger charge is -2.20. The standard InChI is InChI=1S/C27H25ClF2N4O5.2C2H6/c1-15-11-32-23(33-7-5-6-18(25(33)35)27(2,3)37)10-21(15)34-17(13-38-4)9-22(24(28)26(34)36)39-14-20-19(30)8-16(29)12-31-20;2*1-2/h5-12,37H,13-14H2,1-4H3;2*1-2H3. The van der Waals surface area contributed by atoms with Gasteiger partial charge in [0, 0.05) is 43.3 Å². The number of aliphatic hydroxyl groups is 1. The molecule has 0 fully saturated rings. The van der Waals surface area contributed by atoms with Crippen molar-refractivity contribution in [3.05, 3.63) is 109 Å². The summed E-state index contributed by atoms with van der Waals surface area (Å²) in [6.07, 6.45) is 3.85. The minimum Gasteiger partial charge on any atom is -0.485 e. The Kier molecular flexibility index (Phi) is 12.7. The van der Waals surface area contributed by atoms with E-state index in [2.05, 4.69) is 9.97 Å². The van der Waals surface area contributed by atoms with Gasteiger partial charge in [-0.15, -0.1) is 0 Å². The van der Waals surface area contributed by atoms with E-state index in [1.807, 2.05) is 27.7 Å². The predicted molar refractivity (Wildman–Crippen MR) is 162 cm³/mol. The number of methoxy groups -OCH3 is 1. The van der Waals surface area contributed by atoms with Crippen LogP contribution in [0.4, 0.5) is 8.78 Å². The van der Waals surface area contributed by atoms with Crippen molar-refractivity contribution in [3.8, 4) is 17.3 Å². The molecule has 0 aromatic carbocycles. The highest BCUT2D eigenvalue weighted by molar-refractivity contribution is 6.31. The third-order valence-electron chi connectivity index (χ3n) is 5.89. The van der Waals surface area contributed by atoms with Crippen LogP contribution in [0, 0.1) is 18.6 Å². The zero-order valence-electron chi connectivity index (χ0n) is 25.5. The number of rotatable bonds is 8. The van der Waals surface area contributed by atoms with Gasteiger partial charge in [0.1, 0.15) is 34.7 Å². The second-order valence-electron chi connectivity index (χ2n) is 9.24. The number of halogens is 3. The summed E-state index contributed by atoms with van der Waals surface area (Å²) in [5.41, 5.74) is -1.21. The Balaban J connectivity index is 0.00000155. The van der Waals surface area contributed by atoms with E-state index in [1.165, 1.54) is 54.6 Å². The highest BCUT2D eigenvalue weighted by Crippen LogP contribution is 2.27. The Morgan fingerprint density at radius 3 is 2.28 bits per heavy atom. The Labute approximate surface area is 254 Å². The van der Waals surface area contributed by atoms with Crippen LogP contribution in [0.5, 0.6) is 5.75 Å². The molecule has 0 amide bonds. The van der Waals surface area contributed by atoms with E-state index in [9.17, 15) is 23.5 Å². The van der Waals surface area contributed by atoms with Crippen molar-refractivity contribution in [3.63, 3.8) is 0 Å². The van der Waals surface area contributed by atoms with Crippen LogP contribution >= 0.6 is 11.6 Å². The molecule has 0 aliphatic heterocycles. The van der Waals surface area contributed by atoms with E-state index in [4.69, 9.17) is 21.1 Å². The predicted octanol–water partition coefficient (Wildman–Crippen LogP) is 6.02. The number of ether oxygens (including phenoxy) is 2. The van der Waals surface area contributed by atoms with Gasteiger partial charge < -0.3 is 14.6 Å². The van der Waals surface area contributed by atoms with Crippen molar-refractivity contribution in [2.45, 2.75) is 67.3 Å². The van der Waals surface area contributed by atoms with Gasteiger partial charge in [0.25, 0.3) is 11.1 Å². The van der Waals surface area contributed by atoms with Crippen molar-refractivity contribution in [2.75, 3.05) is 7.11 Å². The van der Waals surface area contributed by atoms with E-state index in [0.717, 1.165) is 6.20 Å². The molecule has 232 valence electrons. The van der Waals surface area contributed by atoms with Crippen LogP contribution in [0.2, 0.25) is 5.02 Å². The SMILES string of the molecule is CC.CC.COCc1cc(OCc2ncc(F)cc2F)c(Cl)c(=O)n1-c1cc(-n2cccc(C(C)(C)O)c2=O)ncc1C. The van der Waals surface area contributed by atoms with Gasteiger partial charge in [0.2, 0.25) is 0 Å². The second kappa shape index (κ2) is 15.5. The fourth-order valence-electron chi connectivity index (χ4n) is 3.95. The van der Waals surface area contributed by atoms with Gasteiger partial charge in [-0.05, 0) is 38.5 Å². The molecule has 1 N–H and O–H groups in total. The van der Waals surface area contributed by atoms with Gasteiger partial charge >= 0.3 is 0 Å². The van der Waals surface area contributed by atoms with Crippen molar-refractivity contribution in [2.24, 2.45) is 0 Å². The van der Waals surface area contributed by atoms with Gasteiger partial charge in [-0.25, -0.2) is 13.8 Å². The second-order valence-corrected chi connectivity index (χ2v) is 9.62. The van der Waals surface area contributed by atoms with Crippen molar-refractivity contribution in [1.29, 1.82) is 0 Å². The molecule has 9 nitrogen and oxygen atoms in total. The molecule has 0 bridgehead atoms. The molecule has 4 aromatic rings. The monoisotopic (exact) mass is 618 g/mol.